The molecule has 1 aliphatic carbocycles. The van der Waals surface area contributed by atoms with Gasteiger partial charge >= 0.3 is 5.97 Å². The van der Waals surface area contributed by atoms with Crippen LogP contribution in [0.1, 0.15) is 31.4 Å². The van der Waals surface area contributed by atoms with E-state index in [0.29, 0.717) is 0 Å². The number of hydrogen-bond acceptors (Lipinski definition) is 3. The van der Waals surface area contributed by atoms with Crippen molar-refractivity contribution in [2.24, 2.45) is 11.3 Å². The normalized spacial score (nSPS) is 21.6. The minimum atomic E-state index is -0.0875. The fourth-order valence-corrected chi connectivity index (χ4v) is 4.18. The van der Waals surface area contributed by atoms with Crippen molar-refractivity contribution in [1.29, 1.82) is 0 Å². The fraction of sp³-hybridized carbons (Fsp3) is 0.409. The second-order valence-electron chi connectivity index (χ2n) is 7.64. The summed E-state index contributed by atoms with van der Waals surface area (Å²) in [7, 11) is 1.49. The summed E-state index contributed by atoms with van der Waals surface area (Å²) >= 11 is 0. The molecule has 2 aromatic carbocycles. The highest BCUT2D eigenvalue weighted by molar-refractivity contribution is 5.75. The summed E-state index contributed by atoms with van der Waals surface area (Å²) in [5.41, 5.74) is 2.64. The van der Waals surface area contributed by atoms with E-state index in [1.807, 2.05) is 12.1 Å². The predicted molar refractivity (Wildman–Crippen MR) is 99.8 cm³/mol. The van der Waals surface area contributed by atoms with E-state index in [2.05, 4.69) is 67.3 Å². The van der Waals surface area contributed by atoms with Crippen LogP contribution in [-0.2, 0) is 22.6 Å². The number of ether oxygens (including phenoxy) is 1. The molecular formula is C22H27NO2. The van der Waals surface area contributed by atoms with Crippen LogP contribution in [0.25, 0.3) is 0 Å². The Hall–Kier alpha value is -2.13. The molecule has 0 radical (unpaired) electrons. The Bertz CT molecular complexity index is 655. The first-order valence-corrected chi connectivity index (χ1v) is 8.91. The van der Waals surface area contributed by atoms with E-state index >= 15 is 0 Å². The van der Waals surface area contributed by atoms with Crippen LogP contribution in [0.3, 0.4) is 0 Å². The highest BCUT2D eigenvalue weighted by Gasteiger charge is 2.53. The maximum Gasteiger partial charge on any atom is 0.310 e. The Morgan fingerprint density at radius 1 is 1.00 bits per heavy atom. The average molecular weight is 337 g/mol. The summed E-state index contributed by atoms with van der Waals surface area (Å²) in [6.07, 6.45) is 0.879. The molecule has 1 saturated carbocycles. The molecule has 3 rings (SSSR count). The molecule has 25 heavy (non-hydrogen) atoms. The molecule has 3 heteroatoms. The molecule has 2 aromatic rings. The Morgan fingerprint density at radius 2 is 1.48 bits per heavy atom. The molecule has 3 nitrogen and oxygen atoms in total. The molecule has 0 aliphatic heterocycles. The second kappa shape index (κ2) is 7.40. The lowest BCUT2D eigenvalue weighted by Crippen LogP contribution is -2.60. The van der Waals surface area contributed by atoms with Gasteiger partial charge in [0.1, 0.15) is 0 Å². The van der Waals surface area contributed by atoms with Gasteiger partial charge in [0.2, 0.25) is 0 Å². The number of rotatable bonds is 6. The molecule has 0 amide bonds. The summed E-state index contributed by atoms with van der Waals surface area (Å²) in [5, 5.41) is 0. The average Bonchev–Trinajstić information content (AvgIpc) is 2.61. The topological polar surface area (TPSA) is 29.5 Å². The summed E-state index contributed by atoms with van der Waals surface area (Å²) in [6, 6.07) is 21.1. The van der Waals surface area contributed by atoms with Gasteiger partial charge in [-0.2, -0.15) is 0 Å². The van der Waals surface area contributed by atoms with Crippen LogP contribution in [0.5, 0.6) is 0 Å². The summed E-state index contributed by atoms with van der Waals surface area (Å²) in [5.74, 6) is -0.136. The maximum absolute atomic E-state index is 12.3. The van der Waals surface area contributed by atoms with Crippen LogP contribution in [0.2, 0.25) is 0 Å². The lowest BCUT2D eigenvalue weighted by Gasteiger charge is -2.55. The van der Waals surface area contributed by atoms with E-state index < -0.39 is 0 Å². The van der Waals surface area contributed by atoms with E-state index in [1.165, 1.54) is 18.2 Å². The van der Waals surface area contributed by atoms with E-state index in [1.54, 1.807) is 0 Å². The SMILES string of the molecule is COC(=O)[C@H]1CC(C)(C)[C@@H]1N(Cc1ccccc1)Cc1ccccc1. The van der Waals surface area contributed by atoms with Gasteiger partial charge in [-0.1, -0.05) is 74.5 Å². The quantitative estimate of drug-likeness (QED) is 0.737. The Morgan fingerprint density at radius 3 is 1.88 bits per heavy atom. The van der Waals surface area contributed by atoms with Gasteiger partial charge in [-0.3, -0.25) is 9.69 Å². The third kappa shape index (κ3) is 3.93. The van der Waals surface area contributed by atoms with Crippen LogP contribution < -0.4 is 0 Å². The van der Waals surface area contributed by atoms with Gasteiger partial charge in [-0.25, -0.2) is 0 Å². The molecule has 132 valence electrons. The monoisotopic (exact) mass is 337 g/mol. The van der Waals surface area contributed by atoms with Crippen molar-refractivity contribution in [2.75, 3.05) is 7.11 Å². The molecule has 1 fully saturated rings. The zero-order chi connectivity index (χ0) is 17.9. The number of benzene rings is 2. The molecule has 0 bridgehead atoms. The molecule has 0 N–H and O–H groups in total. The number of nitrogens with zero attached hydrogens (tertiary/aromatic N) is 1. The number of carbonyl (C=O) groups is 1. The standard InChI is InChI=1S/C22H27NO2/c1-22(2)14-19(21(24)25-3)20(22)23(15-17-10-6-4-7-11-17)16-18-12-8-5-9-13-18/h4-13,19-20H,14-16H2,1-3H3/t19-,20+/m0/s1. The predicted octanol–water partition coefficient (Wildman–Crippen LogP) is 4.28. The minimum absolute atomic E-state index is 0.0487. The van der Waals surface area contributed by atoms with Crippen molar-refractivity contribution in [2.45, 2.75) is 39.4 Å². The van der Waals surface area contributed by atoms with Gasteiger partial charge in [0.15, 0.2) is 0 Å². The van der Waals surface area contributed by atoms with Crippen molar-refractivity contribution in [3.63, 3.8) is 0 Å². The fourth-order valence-electron chi connectivity index (χ4n) is 4.18. The summed E-state index contributed by atoms with van der Waals surface area (Å²) < 4.78 is 5.06. The number of methoxy groups -OCH3 is 1. The van der Waals surface area contributed by atoms with E-state index in [0.717, 1.165) is 19.5 Å². The van der Waals surface area contributed by atoms with E-state index in [9.17, 15) is 4.79 Å². The van der Waals surface area contributed by atoms with Gasteiger partial charge in [0.05, 0.1) is 13.0 Å². The third-order valence-electron chi connectivity index (χ3n) is 5.28. The van der Waals surface area contributed by atoms with Crippen molar-refractivity contribution in [1.82, 2.24) is 4.90 Å². The minimum Gasteiger partial charge on any atom is -0.469 e. The Kier molecular flexibility index (Phi) is 5.24. The van der Waals surface area contributed by atoms with E-state index in [4.69, 9.17) is 4.74 Å². The second-order valence-corrected chi connectivity index (χ2v) is 7.64. The number of hydrogen-bond donors (Lipinski definition) is 0. The van der Waals surface area contributed by atoms with Crippen molar-refractivity contribution in [3.8, 4) is 0 Å². The molecule has 0 heterocycles. The number of carbonyl (C=O) groups excluding carboxylic acids is 1. The lowest BCUT2D eigenvalue weighted by molar-refractivity contribution is -0.164. The summed E-state index contributed by atoms with van der Waals surface area (Å²) in [4.78, 5) is 14.7. The van der Waals surface area contributed by atoms with Gasteiger partial charge in [-0.05, 0) is 23.0 Å². The summed E-state index contributed by atoms with van der Waals surface area (Å²) in [6.45, 7) is 6.16. The Balaban J connectivity index is 1.87. The third-order valence-corrected chi connectivity index (χ3v) is 5.28. The van der Waals surface area contributed by atoms with Crippen molar-refractivity contribution < 1.29 is 9.53 Å². The zero-order valence-corrected chi connectivity index (χ0v) is 15.3. The first kappa shape index (κ1) is 17.7. The highest BCUT2D eigenvalue weighted by Crippen LogP contribution is 2.49. The molecule has 1 aliphatic rings. The van der Waals surface area contributed by atoms with Gasteiger partial charge < -0.3 is 4.74 Å². The molecule has 0 aromatic heterocycles. The molecule has 0 spiro atoms. The van der Waals surface area contributed by atoms with E-state index in [-0.39, 0.29) is 23.3 Å². The van der Waals surface area contributed by atoms with Crippen LogP contribution in [0, 0.1) is 11.3 Å². The molecular weight excluding hydrogens is 310 g/mol. The van der Waals surface area contributed by atoms with Crippen molar-refractivity contribution >= 4 is 5.97 Å². The van der Waals surface area contributed by atoms with Gasteiger partial charge in [-0.15, -0.1) is 0 Å². The molecule has 0 saturated heterocycles. The maximum atomic E-state index is 12.3. The van der Waals surface area contributed by atoms with Gasteiger partial charge in [0, 0.05) is 19.1 Å². The molecule has 2 atom stereocenters. The van der Waals surface area contributed by atoms with Gasteiger partial charge in [0.25, 0.3) is 0 Å². The highest BCUT2D eigenvalue weighted by atomic mass is 16.5. The largest absolute Gasteiger partial charge is 0.469 e. The lowest BCUT2D eigenvalue weighted by atomic mass is 9.59. The van der Waals surface area contributed by atoms with Crippen LogP contribution in [-0.4, -0.2) is 24.0 Å². The first-order valence-electron chi connectivity index (χ1n) is 8.91. The van der Waals surface area contributed by atoms with Crippen LogP contribution >= 0.6 is 0 Å². The zero-order valence-electron chi connectivity index (χ0n) is 15.3. The van der Waals surface area contributed by atoms with Crippen LogP contribution in [0.15, 0.2) is 60.7 Å². The van der Waals surface area contributed by atoms with Crippen LogP contribution in [0.4, 0.5) is 0 Å². The van der Waals surface area contributed by atoms with Crippen molar-refractivity contribution in [3.05, 3.63) is 71.8 Å². The smallest absolute Gasteiger partial charge is 0.310 e. The number of esters is 1. The Labute approximate surface area is 150 Å². The first-order chi connectivity index (χ1) is 12.0. The molecule has 0 unspecified atom stereocenters.